The Labute approximate surface area is 142 Å². The van der Waals surface area contributed by atoms with Crippen LogP contribution in [0, 0.1) is 0 Å². The average Bonchev–Trinajstić information content (AvgIpc) is 2.61. The molecule has 0 aliphatic rings. The van der Waals surface area contributed by atoms with E-state index in [0.717, 1.165) is 12.2 Å². The summed E-state index contributed by atoms with van der Waals surface area (Å²) in [4.78, 5) is 32.3. The van der Waals surface area contributed by atoms with E-state index in [0.29, 0.717) is 12.1 Å². The molecular weight excluding hydrogens is 304 g/mol. The molecule has 0 unspecified atom stereocenters. The van der Waals surface area contributed by atoms with Crippen LogP contribution in [0.3, 0.4) is 0 Å². The van der Waals surface area contributed by atoms with Crippen LogP contribution in [-0.4, -0.2) is 55.9 Å². The van der Waals surface area contributed by atoms with Crippen LogP contribution in [0.25, 0.3) is 0 Å². The maximum absolute atomic E-state index is 12.5. The van der Waals surface area contributed by atoms with Crippen molar-refractivity contribution in [2.75, 3.05) is 39.1 Å². The van der Waals surface area contributed by atoms with E-state index >= 15 is 0 Å². The maximum Gasteiger partial charge on any atom is 0.276 e. The van der Waals surface area contributed by atoms with E-state index in [4.69, 9.17) is 0 Å². The Morgan fingerprint density at radius 3 is 2.46 bits per heavy atom. The molecule has 0 atom stereocenters. The quantitative estimate of drug-likeness (QED) is 0.876. The zero-order valence-electron chi connectivity index (χ0n) is 14.2. The van der Waals surface area contributed by atoms with Crippen LogP contribution < -0.4 is 10.2 Å². The largest absolute Gasteiger partial charge is 0.351 e. The molecule has 1 N–H and O–H groups in total. The van der Waals surface area contributed by atoms with Crippen molar-refractivity contribution in [1.29, 1.82) is 0 Å². The van der Waals surface area contributed by atoms with Gasteiger partial charge in [-0.2, -0.15) is 0 Å². The summed E-state index contributed by atoms with van der Waals surface area (Å²) < 4.78 is 0. The fourth-order valence-corrected chi connectivity index (χ4v) is 2.12. The van der Waals surface area contributed by atoms with Crippen molar-refractivity contribution in [3.63, 3.8) is 0 Å². The highest BCUT2D eigenvalue weighted by Gasteiger charge is 2.16. The van der Waals surface area contributed by atoms with Crippen LogP contribution in [0.5, 0.6) is 0 Å². The number of hydrogen-bond donors (Lipinski definition) is 1. The lowest BCUT2D eigenvalue weighted by Gasteiger charge is -2.17. The number of carbonyl (C=O) groups is 2. The van der Waals surface area contributed by atoms with Crippen LogP contribution in [0.15, 0.2) is 48.7 Å². The van der Waals surface area contributed by atoms with Gasteiger partial charge in [0.15, 0.2) is 0 Å². The highest BCUT2D eigenvalue weighted by atomic mass is 16.2. The van der Waals surface area contributed by atoms with Crippen LogP contribution >= 0.6 is 0 Å². The SMILES string of the molecule is CN(C)CCNC(=O)c1ccnc(C(=O)N(C)c2ccccc2)c1. The van der Waals surface area contributed by atoms with Gasteiger partial charge in [-0.25, -0.2) is 0 Å². The van der Waals surface area contributed by atoms with Gasteiger partial charge in [0.05, 0.1) is 0 Å². The van der Waals surface area contributed by atoms with Crippen LogP contribution in [0.4, 0.5) is 5.69 Å². The number of anilines is 1. The Balaban J connectivity index is 2.09. The summed E-state index contributed by atoms with van der Waals surface area (Å²) in [5.41, 5.74) is 1.43. The number of hydrogen-bond acceptors (Lipinski definition) is 4. The fourth-order valence-electron chi connectivity index (χ4n) is 2.12. The highest BCUT2D eigenvalue weighted by molar-refractivity contribution is 6.06. The van der Waals surface area contributed by atoms with E-state index in [1.807, 2.05) is 49.3 Å². The number of pyridine rings is 1. The van der Waals surface area contributed by atoms with Crippen LogP contribution in [0.1, 0.15) is 20.8 Å². The molecular formula is C18H22N4O2. The van der Waals surface area contributed by atoms with Crippen LogP contribution in [0.2, 0.25) is 0 Å². The predicted molar refractivity (Wildman–Crippen MR) is 94.3 cm³/mol. The first kappa shape index (κ1) is 17.6. The monoisotopic (exact) mass is 326 g/mol. The molecule has 1 aromatic heterocycles. The minimum atomic E-state index is -0.260. The van der Waals surface area contributed by atoms with Gasteiger partial charge in [-0.1, -0.05) is 18.2 Å². The molecule has 0 spiro atoms. The van der Waals surface area contributed by atoms with Gasteiger partial charge >= 0.3 is 0 Å². The molecule has 0 bridgehead atoms. The van der Waals surface area contributed by atoms with Crippen molar-refractivity contribution in [1.82, 2.24) is 15.2 Å². The summed E-state index contributed by atoms with van der Waals surface area (Å²) in [6, 6.07) is 12.4. The Kier molecular flexibility index (Phi) is 6.03. The number of nitrogens with one attached hydrogen (secondary N) is 1. The summed E-state index contributed by atoms with van der Waals surface area (Å²) in [6.07, 6.45) is 1.48. The van der Waals surface area contributed by atoms with E-state index < -0.39 is 0 Å². The first-order valence-corrected chi connectivity index (χ1v) is 7.71. The maximum atomic E-state index is 12.5. The number of carbonyl (C=O) groups excluding carboxylic acids is 2. The van der Waals surface area contributed by atoms with Crippen molar-refractivity contribution in [2.24, 2.45) is 0 Å². The number of likely N-dealkylation sites (N-methyl/N-ethyl adjacent to an activating group) is 1. The van der Waals surface area contributed by atoms with E-state index in [1.165, 1.54) is 17.2 Å². The lowest BCUT2D eigenvalue weighted by Crippen LogP contribution is -2.32. The second-order valence-corrected chi connectivity index (χ2v) is 5.69. The highest BCUT2D eigenvalue weighted by Crippen LogP contribution is 2.14. The van der Waals surface area contributed by atoms with E-state index in [2.05, 4.69) is 10.3 Å². The van der Waals surface area contributed by atoms with Gasteiger partial charge in [-0.3, -0.25) is 14.6 Å². The second kappa shape index (κ2) is 8.21. The Bertz CT molecular complexity index is 701. The van der Waals surface area contributed by atoms with Crippen molar-refractivity contribution in [3.05, 3.63) is 59.9 Å². The number of amides is 2. The van der Waals surface area contributed by atoms with E-state index in [9.17, 15) is 9.59 Å². The van der Waals surface area contributed by atoms with Gasteiger partial charge < -0.3 is 15.1 Å². The zero-order valence-corrected chi connectivity index (χ0v) is 14.2. The van der Waals surface area contributed by atoms with Gasteiger partial charge in [-0.15, -0.1) is 0 Å². The molecule has 126 valence electrons. The smallest absolute Gasteiger partial charge is 0.276 e. The summed E-state index contributed by atoms with van der Waals surface area (Å²) in [5.74, 6) is -0.472. The minimum absolute atomic E-state index is 0.212. The number of para-hydroxylation sites is 1. The summed E-state index contributed by atoms with van der Waals surface area (Å²) in [6.45, 7) is 1.29. The van der Waals surface area contributed by atoms with E-state index in [1.54, 1.807) is 13.1 Å². The Hall–Kier alpha value is -2.73. The fraction of sp³-hybridized carbons (Fsp3) is 0.278. The van der Waals surface area contributed by atoms with Gasteiger partial charge in [0.1, 0.15) is 5.69 Å². The normalized spacial score (nSPS) is 10.5. The molecule has 2 aromatic rings. The number of benzene rings is 1. The first-order valence-electron chi connectivity index (χ1n) is 7.71. The van der Waals surface area contributed by atoms with E-state index in [-0.39, 0.29) is 17.5 Å². The Morgan fingerprint density at radius 2 is 1.79 bits per heavy atom. The van der Waals surface area contributed by atoms with Crippen molar-refractivity contribution in [2.45, 2.75) is 0 Å². The molecule has 1 heterocycles. The summed E-state index contributed by atoms with van der Waals surface area (Å²) >= 11 is 0. The molecule has 2 rings (SSSR count). The van der Waals surface area contributed by atoms with Gasteiger partial charge in [0.2, 0.25) is 0 Å². The minimum Gasteiger partial charge on any atom is -0.351 e. The molecule has 0 saturated carbocycles. The molecule has 0 aliphatic carbocycles. The molecule has 2 amide bonds. The second-order valence-electron chi connectivity index (χ2n) is 5.69. The first-order chi connectivity index (χ1) is 11.5. The molecule has 1 aromatic carbocycles. The number of nitrogens with zero attached hydrogens (tertiary/aromatic N) is 3. The van der Waals surface area contributed by atoms with Crippen molar-refractivity contribution in [3.8, 4) is 0 Å². The van der Waals surface area contributed by atoms with Gasteiger partial charge in [-0.05, 0) is 38.4 Å². The zero-order chi connectivity index (χ0) is 17.5. The third-order valence-corrected chi connectivity index (χ3v) is 3.53. The predicted octanol–water partition coefficient (Wildman–Crippen LogP) is 1.65. The van der Waals surface area contributed by atoms with Gasteiger partial charge in [0, 0.05) is 37.6 Å². The topological polar surface area (TPSA) is 65.5 Å². The van der Waals surface area contributed by atoms with Gasteiger partial charge in [0.25, 0.3) is 11.8 Å². The molecule has 0 saturated heterocycles. The lowest BCUT2D eigenvalue weighted by molar-refractivity contribution is 0.0951. The summed E-state index contributed by atoms with van der Waals surface area (Å²) in [5, 5.41) is 2.82. The number of aromatic nitrogens is 1. The third-order valence-electron chi connectivity index (χ3n) is 3.53. The number of rotatable bonds is 6. The molecule has 24 heavy (non-hydrogen) atoms. The molecule has 0 fully saturated rings. The molecule has 0 aliphatic heterocycles. The van der Waals surface area contributed by atoms with Crippen LogP contribution in [-0.2, 0) is 0 Å². The molecule has 0 radical (unpaired) electrons. The lowest BCUT2D eigenvalue weighted by atomic mass is 10.2. The molecule has 6 heteroatoms. The molecule has 6 nitrogen and oxygen atoms in total. The standard InChI is InChI=1S/C18H22N4O2/c1-21(2)12-11-20-17(23)14-9-10-19-16(13-14)18(24)22(3)15-7-5-4-6-8-15/h4-10,13H,11-12H2,1-3H3,(H,20,23). The summed E-state index contributed by atoms with van der Waals surface area (Å²) in [7, 11) is 5.56. The third kappa shape index (κ3) is 4.63. The van der Waals surface area contributed by atoms with Crippen molar-refractivity contribution >= 4 is 17.5 Å². The van der Waals surface area contributed by atoms with Crippen molar-refractivity contribution < 1.29 is 9.59 Å². The Morgan fingerprint density at radius 1 is 1.08 bits per heavy atom. The average molecular weight is 326 g/mol.